The van der Waals surface area contributed by atoms with Crippen molar-refractivity contribution in [3.8, 4) is 0 Å². The Labute approximate surface area is 234 Å². The molecular formula is C25H32N8O4S2. The van der Waals surface area contributed by atoms with Gasteiger partial charge in [-0.05, 0) is 31.0 Å². The van der Waals surface area contributed by atoms with E-state index in [4.69, 9.17) is 34.1 Å². The Morgan fingerprint density at radius 3 is 2.36 bits per heavy atom. The summed E-state index contributed by atoms with van der Waals surface area (Å²) < 4.78 is 18.5. The van der Waals surface area contributed by atoms with Crippen LogP contribution in [0.15, 0.2) is 22.5 Å². The monoisotopic (exact) mass is 572 g/mol. The molecule has 2 N–H and O–H groups in total. The number of carbonyl (C=O) groups is 1. The first kappa shape index (κ1) is 26.4. The topological polar surface area (TPSA) is 127 Å². The number of anilines is 4. The highest BCUT2D eigenvalue weighted by atomic mass is 32.2. The minimum atomic E-state index is -0.000841. The predicted molar refractivity (Wildman–Crippen MR) is 152 cm³/mol. The molecule has 12 nitrogen and oxygen atoms in total. The molecule has 39 heavy (non-hydrogen) atoms. The first-order valence-corrected chi connectivity index (χ1v) is 15.1. The quantitative estimate of drug-likeness (QED) is 0.365. The Morgan fingerprint density at radius 1 is 0.974 bits per heavy atom. The molecule has 1 aromatic carbocycles. The molecule has 3 fully saturated rings. The standard InChI is InChI=1S/C25H32N8O4S2/c34-21(26-15-18-2-1-9-37-18)16-38-25-28-19-4-3-17(14-20(19)39-25)27-22-29-23(32-5-10-35-11-6-32)31-24(30-22)33-7-12-36-13-8-33/h3-4,14,18H,1-2,5-13,15-16H2,(H,26,34)(H,27,29,30,31)/t18-/m1/s1. The molecule has 3 saturated heterocycles. The van der Waals surface area contributed by atoms with Crippen LogP contribution in [-0.4, -0.2) is 103 Å². The van der Waals surface area contributed by atoms with Crippen molar-refractivity contribution in [1.82, 2.24) is 25.3 Å². The molecule has 1 amide bonds. The maximum Gasteiger partial charge on any atom is 0.233 e. The van der Waals surface area contributed by atoms with E-state index < -0.39 is 0 Å². The van der Waals surface area contributed by atoms with Crippen LogP contribution in [0.2, 0.25) is 0 Å². The van der Waals surface area contributed by atoms with Crippen molar-refractivity contribution in [2.45, 2.75) is 23.3 Å². The average Bonchev–Trinajstić information content (AvgIpc) is 3.65. The number of amides is 1. The molecule has 0 aliphatic carbocycles. The van der Waals surface area contributed by atoms with Crippen LogP contribution in [-0.2, 0) is 19.0 Å². The maximum atomic E-state index is 12.3. The van der Waals surface area contributed by atoms with Gasteiger partial charge in [0, 0.05) is 45.0 Å². The number of nitrogens with zero attached hydrogens (tertiary/aromatic N) is 6. The lowest BCUT2D eigenvalue weighted by molar-refractivity contribution is -0.119. The maximum absolute atomic E-state index is 12.3. The van der Waals surface area contributed by atoms with E-state index in [2.05, 4.69) is 20.4 Å². The molecule has 3 aliphatic heterocycles. The highest BCUT2D eigenvalue weighted by Crippen LogP contribution is 2.32. The Bertz CT molecular complexity index is 1240. The zero-order valence-electron chi connectivity index (χ0n) is 21.6. The van der Waals surface area contributed by atoms with Gasteiger partial charge in [0.1, 0.15) is 0 Å². The highest BCUT2D eigenvalue weighted by Gasteiger charge is 2.21. The molecule has 0 spiro atoms. The number of fused-ring (bicyclic) bond motifs is 1. The largest absolute Gasteiger partial charge is 0.378 e. The number of thioether (sulfide) groups is 1. The van der Waals surface area contributed by atoms with Crippen molar-refractivity contribution in [2.24, 2.45) is 0 Å². The Kier molecular flexibility index (Phi) is 8.54. The zero-order valence-corrected chi connectivity index (χ0v) is 23.3. The number of thiazole rings is 1. The molecule has 2 aromatic heterocycles. The third kappa shape index (κ3) is 6.87. The second-order valence-corrected chi connectivity index (χ2v) is 11.7. The number of hydrogen-bond acceptors (Lipinski definition) is 13. The highest BCUT2D eigenvalue weighted by molar-refractivity contribution is 8.01. The SMILES string of the molecule is O=C(CSc1nc2ccc(Nc3nc(N4CCOCC4)nc(N4CCOCC4)n3)cc2s1)NC[C@H]1CCCO1. The molecule has 0 saturated carbocycles. The van der Waals surface area contributed by atoms with Gasteiger partial charge >= 0.3 is 0 Å². The molecule has 1 atom stereocenters. The molecule has 208 valence electrons. The van der Waals surface area contributed by atoms with E-state index in [0.29, 0.717) is 56.6 Å². The van der Waals surface area contributed by atoms with Crippen molar-refractivity contribution < 1.29 is 19.0 Å². The summed E-state index contributed by atoms with van der Waals surface area (Å²) in [5.41, 5.74) is 1.76. The van der Waals surface area contributed by atoms with Crippen LogP contribution in [0.4, 0.5) is 23.5 Å². The number of carbonyl (C=O) groups excluding carboxylic acids is 1. The zero-order chi connectivity index (χ0) is 26.4. The van der Waals surface area contributed by atoms with Gasteiger partial charge in [-0.3, -0.25) is 4.79 Å². The second-order valence-electron chi connectivity index (χ2n) is 9.47. The van der Waals surface area contributed by atoms with Crippen LogP contribution in [0.3, 0.4) is 0 Å². The molecule has 3 aromatic rings. The van der Waals surface area contributed by atoms with E-state index in [-0.39, 0.29) is 12.0 Å². The van der Waals surface area contributed by atoms with Gasteiger partial charge in [-0.1, -0.05) is 11.8 Å². The fourth-order valence-corrected chi connectivity index (χ4v) is 6.54. The number of hydrogen-bond donors (Lipinski definition) is 2. The smallest absolute Gasteiger partial charge is 0.233 e. The summed E-state index contributed by atoms with van der Waals surface area (Å²) in [6, 6.07) is 5.99. The summed E-state index contributed by atoms with van der Waals surface area (Å²) >= 11 is 3.02. The van der Waals surface area contributed by atoms with E-state index in [1.807, 2.05) is 18.2 Å². The van der Waals surface area contributed by atoms with Crippen molar-refractivity contribution >= 4 is 62.8 Å². The molecule has 3 aliphatic rings. The molecule has 14 heteroatoms. The third-order valence-corrected chi connectivity index (χ3v) is 8.86. The van der Waals surface area contributed by atoms with E-state index in [1.54, 1.807) is 11.3 Å². The molecule has 0 bridgehead atoms. The van der Waals surface area contributed by atoms with Crippen LogP contribution in [0, 0.1) is 0 Å². The number of rotatable bonds is 9. The summed E-state index contributed by atoms with van der Waals surface area (Å²) in [7, 11) is 0. The van der Waals surface area contributed by atoms with Gasteiger partial charge < -0.3 is 34.6 Å². The number of benzene rings is 1. The Balaban J connectivity index is 1.13. The predicted octanol–water partition coefficient (Wildman–Crippen LogP) is 2.29. The molecule has 5 heterocycles. The van der Waals surface area contributed by atoms with E-state index >= 15 is 0 Å². The first-order chi connectivity index (χ1) is 19.2. The third-order valence-electron chi connectivity index (χ3n) is 6.70. The fraction of sp³-hybridized carbons (Fsp3) is 0.560. The van der Waals surface area contributed by atoms with Gasteiger partial charge in [0.05, 0.1) is 48.5 Å². The van der Waals surface area contributed by atoms with E-state index in [0.717, 1.165) is 65.9 Å². The Morgan fingerprint density at radius 2 is 1.69 bits per heavy atom. The minimum Gasteiger partial charge on any atom is -0.378 e. The normalized spacial score (nSPS) is 19.9. The van der Waals surface area contributed by atoms with Crippen LogP contribution in [0.5, 0.6) is 0 Å². The number of ether oxygens (including phenoxy) is 3. The van der Waals surface area contributed by atoms with Gasteiger partial charge in [0.2, 0.25) is 23.8 Å². The van der Waals surface area contributed by atoms with E-state index in [9.17, 15) is 4.79 Å². The minimum absolute atomic E-state index is 0.000841. The summed E-state index contributed by atoms with van der Waals surface area (Å²) in [5, 5.41) is 6.34. The lowest BCUT2D eigenvalue weighted by Gasteiger charge is -2.30. The van der Waals surface area contributed by atoms with E-state index in [1.165, 1.54) is 11.8 Å². The van der Waals surface area contributed by atoms with Crippen molar-refractivity contribution in [1.29, 1.82) is 0 Å². The molecular weight excluding hydrogens is 540 g/mol. The first-order valence-electron chi connectivity index (χ1n) is 13.3. The van der Waals surface area contributed by atoms with Crippen LogP contribution < -0.4 is 20.4 Å². The molecule has 6 rings (SSSR count). The average molecular weight is 573 g/mol. The lowest BCUT2D eigenvalue weighted by Crippen LogP contribution is -2.40. The summed E-state index contributed by atoms with van der Waals surface area (Å²) in [5.74, 6) is 2.12. The summed E-state index contributed by atoms with van der Waals surface area (Å²) in [6.07, 6.45) is 2.22. The van der Waals surface area contributed by atoms with Gasteiger partial charge in [-0.25, -0.2) is 4.98 Å². The molecule has 0 unspecified atom stereocenters. The summed E-state index contributed by atoms with van der Waals surface area (Å²) in [4.78, 5) is 35.5. The summed E-state index contributed by atoms with van der Waals surface area (Å²) in [6.45, 7) is 6.94. The fourth-order valence-electron chi connectivity index (χ4n) is 4.60. The number of aromatic nitrogens is 4. The van der Waals surface area contributed by atoms with Gasteiger partial charge in [-0.2, -0.15) is 15.0 Å². The number of nitrogens with one attached hydrogen (secondary N) is 2. The lowest BCUT2D eigenvalue weighted by atomic mass is 10.2. The Hall–Kier alpha value is -2.78. The van der Waals surface area contributed by atoms with Crippen LogP contribution >= 0.6 is 23.1 Å². The van der Waals surface area contributed by atoms with Crippen LogP contribution in [0.25, 0.3) is 10.2 Å². The van der Waals surface area contributed by atoms with Crippen molar-refractivity contribution in [3.05, 3.63) is 18.2 Å². The second kappa shape index (κ2) is 12.6. The van der Waals surface area contributed by atoms with Crippen LogP contribution in [0.1, 0.15) is 12.8 Å². The van der Waals surface area contributed by atoms with Gasteiger partial charge in [-0.15, -0.1) is 11.3 Å². The van der Waals surface area contributed by atoms with Gasteiger partial charge in [0.25, 0.3) is 0 Å². The molecule has 0 radical (unpaired) electrons. The van der Waals surface area contributed by atoms with Gasteiger partial charge in [0.15, 0.2) is 4.34 Å². The van der Waals surface area contributed by atoms with Crippen molar-refractivity contribution in [2.75, 3.05) is 86.6 Å². The number of morpholine rings is 2. The van der Waals surface area contributed by atoms with Crippen molar-refractivity contribution in [3.63, 3.8) is 0 Å².